The first kappa shape index (κ1) is 18.6. The van der Waals surface area contributed by atoms with Crippen LogP contribution >= 0.6 is 0 Å². The Balaban J connectivity index is 1.69. The number of rotatable bonds is 2. The summed E-state index contributed by atoms with van der Waals surface area (Å²) >= 11 is 0. The number of hydrogen-bond acceptors (Lipinski definition) is 4. The Morgan fingerprint density at radius 2 is 1.41 bits per heavy atom. The molecule has 156 valence electrons. The van der Waals surface area contributed by atoms with Crippen LogP contribution in [-0.4, -0.2) is 5.97 Å². The highest BCUT2D eigenvalue weighted by Crippen LogP contribution is 2.58. The van der Waals surface area contributed by atoms with Crippen LogP contribution in [0.1, 0.15) is 32.6 Å². The van der Waals surface area contributed by atoms with Crippen LogP contribution < -0.4 is 10.1 Å². The summed E-state index contributed by atoms with van der Waals surface area (Å²) in [7, 11) is 0. The molecule has 6 rings (SSSR count). The molecule has 32 heavy (non-hydrogen) atoms. The summed E-state index contributed by atoms with van der Waals surface area (Å²) in [4.78, 5) is 13.3. The minimum absolute atomic E-state index is 0.321. The number of hydrogen-bond donors (Lipinski definition) is 1. The molecule has 1 spiro atoms. The third-order valence-corrected chi connectivity index (χ3v) is 6.11. The van der Waals surface area contributed by atoms with E-state index in [1.54, 1.807) is 18.2 Å². The van der Waals surface area contributed by atoms with Gasteiger partial charge in [-0.1, -0.05) is 54.6 Å². The SMILES string of the molecule is Cc1ccc(Nc2ccccc2F)c2c1C(=O)OC21c2ccccc2Oc2ccccc21. The summed E-state index contributed by atoms with van der Waals surface area (Å²) in [5, 5.41) is 3.21. The van der Waals surface area contributed by atoms with Crippen LogP contribution in [0.3, 0.4) is 0 Å². The number of para-hydroxylation sites is 3. The average Bonchev–Trinajstić information content (AvgIpc) is 3.12. The standard InChI is InChI=1S/C27H18FNO3/c1-16-14-15-21(29-20-11-5-4-10-19(20)28)25-24(16)26(30)32-27(25)17-8-2-6-12-22(17)31-23-13-7-3-9-18(23)27/h2-15,29H,1H3. The lowest BCUT2D eigenvalue weighted by Crippen LogP contribution is -2.33. The molecule has 0 amide bonds. The number of carbonyl (C=O) groups excluding carboxylic acids is 1. The number of anilines is 2. The van der Waals surface area contributed by atoms with Crippen molar-refractivity contribution in [1.29, 1.82) is 0 Å². The highest BCUT2D eigenvalue weighted by molar-refractivity contribution is 6.01. The van der Waals surface area contributed by atoms with Crippen molar-refractivity contribution in [2.24, 2.45) is 0 Å². The quantitative estimate of drug-likeness (QED) is 0.377. The van der Waals surface area contributed by atoms with E-state index in [4.69, 9.17) is 9.47 Å². The third-order valence-electron chi connectivity index (χ3n) is 6.11. The smallest absolute Gasteiger partial charge is 0.340 e. The molecular formula is C27H18FNO3. The van der Waals surface area contributed by atoms with Crippen molar-refractivity contribution in [3.63, 3.8) is 0 Å². The van der Waals surface area contributed by atoms with E-state index in [0.717, 1.165) is 16.7 Å². The molecule has 2 aliphatic rings. The van der Waals surface area contributed by atoms with Gasteiger partial charge in [-0.05, 0) is 42.8 Å². The topological polar surface area (TPSA) is 47.6 Å². The lowest BCUT2D eigenvalue weighted by molar-refractivity contribution is 0.0225. The van der Waals surface area contributed by atoms with Gasteiger partial charge in [-0.3, -0.25) is 0 Å². The molecule has 2 heterocycles. The van der Waals surface area contributed by atoms with Crippen LogP contribution in [-0.2, 0) is 10.3 Å². The molecule has 0 fully saturated rings. The normalized spacial score (nSPS) is 14.8. The van der Waals surface area contributed by atoms with Crippen LogP contribution in [0.5, 0.6) is 11.5 Å². The number of nitrogens with one attached hydrogen (secondary N) is 1. The molecule has 5 heteroatoms. The van der Waals surface area contributed by atoms with Gasteiger partial charge in [0.25, 0.3) is 0 Å². The molecular weight excluding hydrogens is 405 g/mol. The second kappa shape index (κ2) is 6.69. The number of ether oxygens (including phenoxy) is 2. The second-order valence-corrected chi connectivity index (χ2v) is 7.95. The van der Waals surface area contributed by atoms with Crippen LogP contribution in [0.15, 0.2) is 84.9 Å². The Morgan fingerprint density at radius 1 is 0.781 bits per heavy atom. The fraction of sp³-hybridized carbons (Fsp3) is 0.0741. The van der Waals surface area contributed by atoms with Gasteiger partial charge in [0, 0.05) is 22.4 Å². The van der Waals surface area contributed by atoms with Gasteiger partial charge in [-0.25, -0.2) is 9.18 Å². The minimum atomic E-state index is -1.21. The molecule has 0 radical (unpaired) electrons. The van der Waals surface area contributed by atoms with E-state index in [2.05, 4.69) is 5.32 Å². The lowest BCUT2D eigenvalue weighted by atomic mass is 9.76. The number of fused-ring (bicyclic) bond motifs is 6. The number of aryl methyl sites for hydroxylation is 1. The van der Waals surface area contributed by atoms with Gasteiger partial charge < -0.3 is 14.8 Å². The van der Waals surface area contributed by atoms with E-state index in [-0.39, 0.29) is 5.82 Å². The van der Waals surface area contributed by atoms with Crippen LogP contribution in [0.2, 0.25) is 0 Å². The molecule has 0 aliphatic carbocycles. The molecule has 4 aromatic rings. The van der Waals surface area contributed by atoms with Crippen molar-refractivity contribution in [2.75, 3.05) is 5.32 Å². The van der Waals surface area contributed by atoms with Crippen molar-refractivity contribution in [3.8, 4) is 11.5 Å². The van der Waals surface area contributed by atoms with E-state index >= 15 is 0 Å². The molecule has 0 saturated heterocycles. The molecule has 2 aliphatic heterocycles. The number of halogens is 1. The first-order chi connectivity index (χ1) is 15.6. The Bertz CT molecular complexity index is 1370. The predicted octanol–water partition coefficient (Wildman–Crippen LogP) is 6.45. The van der Waals surface area contributed by atoms with Crippen LogP contribution in [0.25, 0.3) is 0 Å². The van der Waals surface area contributed by atoms with Crippen molar-refractivity contribution < 1.29 is 18.7 Å². The number of benzene rings is 4. The Hall–Kier alpha value is -4.12. The van der Waals surface area contributed by atoms with Gasteiger partial charge >= 0.3 is 5.97 Å². The molecule has 0 aromatic heterocycles. The predicted molar refractivity (Wildman–Crippen MR) is 119 cm³/mol. The Morgan fingerprint density at radius 3 is 2.09 bits per heavy atom. The maximum atomic E-state index is 14.5. The third kappa shape index (κ3) is 2.45. The first-order valence-electron chi connectivity index (χ1n) is 10.4. The highest BCUT2D eigenvalue weighted by atomic mass is 19.1. The molecule has 4 nitrogen and oxygen atoms in total. The maximum absolute atomic E-state index is 14.5. The second-order valence-electron chi connectivity index (χ2n) is 7.95. The van der Waals surface area contributed by atoms with Crippen molar-refractivity contribution in [1.82, 2.24) is 0 Å². The summed E-state index contributed by atoms with van der Waals surface area (Å²) in [5.41, 5.74) is 3.11. The molecule has 0 atom stereocenters. The summed E-state index contributed by atoms with van der Waals surface area (Å²) in [6, 6.07) is 25.3. The van der Waals surface area contributed by atoms with Crippen molar-refractivity contribution >= 4 is 17.3 Å². The molecule has 1 N–H and O–H groups in total. The van der Waals surface area contributed by atoms with Crippen molar-refractivity contribution in [2.45, 2.75) is 12.5 Å². The monoisotopic (exact) mass is 423 g/mol. The van der Waals surface area contributed by atoms with Crippen LogP contribution in [0.4, 0.5) is 15.8 Å². The molecule has 4 aromatic carbocycles. The average molecular weight is 423 g/mol. The van der Waals surface area contributed by atoms with E-state index in [1.165, 1.54) is 6.07 Å². The lowest BCUT2D eigenvalue weighted by Gasteiger charge is -2.37. The Labute approximate surface area is 184 Å². The van der Waals surface area contributed by atoms with Gasteiger partial charge in [0.05, 0.1) is 11.3 Å². The summed E-state index contributed by atoms with van der Waals surface area (Å²) in [6.07, 6.45) is 0. The van der Waals surface area contributed by atoms with Gasteiger partial charge in [0.2, 0.25) is 0 Å². The van der Waals surface area contributed by atoms with Gasteiger partial charge in [0.1, 0.15) is 17.3 Å². The van der Waals surface area contributed by atoms with E-state index < -0.39 is 11.6 Å². The molecule has 0 unspecified atom stereocenters. The van der Waals surface area contributed by atoms with Gasteiger partial charge in [0.15, 0.2) is 5.60 Å². The number of esters is 1. The Kier molecular flexibility index (Phi) is 3.89. The largest absolute Gasteiger partial charge is 0.456 e. The summed E-state index contributed by atoms with van der Waals surface area (Å²) in [5.74, 6) is 0.436. The summed E-state index contributed by atoms with van der Waals surface area (Å²) in [6.45, 7) is 1.88. The molecule has 0 bridgehead atoms. The zero-order valence-electron chi connectivity index (χ0n) is 17.2. The first-order valence-corrected chi connectivity index (χ1v) is 10.4. The molecule has 0 saturated carbocycles. The fourth-order valence-corrected chi connectivity index (χ4v) is 4.72. The fourth-order valence-electron chi connectivity index (χ4n) is 4.72. The van der Waals surface area contributed by atoms with Crippen LogP contribution in [0, 0.1) is 12.7 Å². The van der Waals surface area contributed by atoms with E-state index in [0.29, 0.717) is 34.0 Å². The maximum Gasteiger partial charge on any atom is 0.340 e. The van der Waals surface area contributed by atoms with E-state index in [9.17, 15) is 9.18 Å². The van der Waals surface area contributed by atoms with Crippen molar-refractivity contribution in [3.05, 3.63) is 119 Å². The number of carbonyl (C=O) groups is 1. The summed E-state index contributed by atoms with van der Waals surface area (Å²) < 4.78 is 26.9. The minimum Gasteiger partial charge on any atom is -0.456 e. The zero-order valence-corrected chi connectivity index (χ0v) is 17.2. The highest BCUT2D eigenvalue weighted by Gasteiger charge is 2.55. The van der Waals surface area contributed by atoms with E-state index in [1.807, 2.05) is 67.6 Å². The van der Waals surface area contributed by atoms with Gasteiger partial charge in [-0.15, -0.1) is 0 Å². The zero-order chi connectivity index (χ0) is 21.9. The van der Waals surface area contributed by atoms with Gasteiger partial charge in [-0.2, -0.15) is 0 Å².